The first-order valence-corrected chi connectivity index (χ1v) is 3.88. The van der Waals surface area contributed by atoms with Crippen LogP contribution in [0.5, 0.6) is 0 Å². The molecular formula is C8H12FN. The van der Waals surface area contributed by atoms with Gasteiger partial charge in [-0.3, -0.25) is 0 Å². The molecule has 0 saturated heterocycles. The van der Waals surface area contributed by atoms with E-state index in [0.29, 0.717) is 6.42 Å². The van der Waals surface area contributed by atoms with Gasteiger partial charge in [-0.15, -0.1) is 0 Å². The fourth-order valence-electron chi connectivity index (χ4n) is 1.41. The summed E-state index contributed by atoms with van der Waals surface area (Å²) < 4.78 is 12.9. The molecule has 0 bridgehead atoms. The molecule has 0 spiro atoms. The maximum atomic E-state index is 12.9. The second-order valence-electron chi connectivity index (χ2n) is 2.89. The SMILES string of the molecule is N#C[C@@H]1CCCCC[C@H]1F. The van der Waals surface area contributed by atoms with E-state index in [1.54, 1.807) is 0 Å². The van der Waals surface area contributed by atoms with Gasteiger partial charge in [-0.1, -0.05) is 19.3 Å². The van der Waals surface area contributed by atoms with Gasteiger partial charge in [0.1, 0.15) is 6.17 Å². The predicted octanol–water partition coefficient (Wildman–Crippen LogP) is 2.43. The lowest BCUT2D eigenvalue weighted by molar-refractivity contribution is 0.254. The quantitative estimate of drug-likeness (QED) is 0.475. The Bertz CT molecular complexity index is 139. The first kappa shape index (κ1) is 7.53. The Morgan fingerprint density at radius 2 is 1.90 bits per heavy atom. The van der Waals surface area contributed by atoms with Crippen LogP contribution in [0, 0.1) is 17.2 Å². The third-order valence-electron chi connectivity index (χ3n) is 2.10. The first-order chi connectivity index (χ1) is 4.84. The number of alkyl halides is 1. The number of hydrogen-bond donors (Lipinski definition) is 0. The molecule has 1 nitrogen and oxygen atoms in total. The molecule has 0 radical (unpaired) electrons. The smallest absolute Gasteiger partial charge is 0.116 e. The summed E-state index contributed by atoms with van der Waals surface area (Å²) in [5, 5.41) is 8.50. The van der Waals surface area contributed by atoms with Crippen LogP contribution in [0.25, 0.3) is 0 Å². The Balaban J connectivity index is 2.45. The summed E-state index contributed by atoms with van der Waals surface area (Å²) in [5.41, 5.74) is 0. The molecule has 0 aliphatic heterocycles. The van der Waals surface area contributed by atoms with Crippen molar-refractivity contribution < 1.29 is 4.39 Å². The molecule has 1 aliphatic rings. The van der Waals surface area contributed by atoms with E-state index in [1.165, 1.54) is 0 Å². The standard InChI is InChI=1S/C8H12FN/c9-8-5-3-1-2-4-7(8)6-10/h7-8H,1-5H2/t7-,8+/m0/s1. The van der Waals surface area contributed by atoms with Gasteiger partial charge in [0, 0.05) is 0 Å². The largest absolute Gasteiger partial charge is 0.246 e. The van der Waals surface area contributed by atoms with Crippen LogP contribution in [0.1, 0.15) is 32.1 Å². The van der Waals surface area contributed by atoms with Crippen LogP contribution in [0.3, 0.4) is 0 Å². The number of hydrogen-bond acceptors (Lipinski definition) is 1. The molecule has 0 aromatic carbocycles. The van der Waals surface area contributed by atoms with Crippen LogP contribution in [0.4, 0.5) is 4.39 Å². The summed E-state index contributed by atoms with van der Waals surface area (Å²) >= 11 is 0. The van der Waals surface area contributed by atoms with Crippen molar-refractivity contribution in [2.75, 3.05) is 0 Å². The molecule has 1 aliphatic carbocycles. The highest BCUT2D eigenvalue weighted by Gasteiger charge is 2.22. The van der Waals surface area contributed by atoms with Crippen molar-refractivity contribution in [3.05, 3.63) is 0 Å². The van der Waals surface area contributed by atoms with E-state index >= 15 is 0 Å². The summed E-state index contributed by atoms with van der Waals surface area (Å²) in [4.78, 5) is 0. The van der Waals surface area contributed by atoms with Crippen LogP contribution in [0.2, 0.25) is 0 Å². The highest BCUT2D eigenvalue weighted by molar-refractivity contribution is 4.89. The van der Waals surface area contributed by atoms with Crippen molar-refractivity contribution in [3.8, 4) is 6.07 Å². The van der Waals surface area contributed by atoms with Crippen molar-refractivity contribution in [1.29, 1.82) is 5.26 Å². The van der Waals surface area contributed by atoms with E-state index in [2.05, 4.69) is 0 Å². The third-order valence-corrected chi connectivity index (χ3v) is 2.10. The lowest BCUT2D eigenvalue weighted by Gasteiger charge is -2.07. The Morgan fingerprint density at radius 3 is 2.60 bits per heavy atom. The number of nitriles is 1. The summed E-state index contributed by atoms with van der Waals surface area (Å²) in [6, 6.07) is 2.02. The second-order valence-corrected chi connectivity index (χ2v) is 2.89. The second kappa shape index (κ2) is 3.55. The minimum atomic E-state index is -0.854. The van der Waals surface area contributed by atoms with E-state index in [9.17, 15) is 4.39 Å². The van der Waals surface area contributed by atoms with Crippen molar-refractivity contribution >= 4 is 0 Å². The number of halogens is 1. The molecular weight excluding hydrogens is 129 g/mol. The van der Waals surface area contributed by atoms with Crippen molar-refractivity contribution in [2.24, 2.45) is 5.92 Å². The molecule has 1 saturated carbocycles. The fraction of sp³-hybridized carbons (Fsp3) is 0.875. The van der Waals surface area contributed by atoms with E-state index in [1.807, 2.05) is 6.07 Å². The van der Waals surface area contributed by atoms with Gasteiger partial charge >= 0.3 is 0 Å². The molecule has 1 rings (SSSR count). The predicted molar refractivity (Wildman–Crippen MR) is 37.1 cm³/mol. The molecule has 0 unspecified atom stereocenters. The van der Waals surface area contributed by atoms with E-state index in [0.717, 1.165) is 25.7 Å². The minimum Gasteiger partial charge on any atom is -0.246 e. The molecule has 2 heteroatoms. The monoisotopic (exact) mass is 141 g/mol. The maximum absolute atomic E-state index is 12.9. The summed E-state index contributed by atoms with van der Waals surface area (Å²) in [6.45, 7) is 0. The van der Waals surface area contributed by atoms with Crippen molar-refractivity contribution in [1.82, 2.24) is 0 Å². The number of nitrogens with zero attached hydrogens (tertiary/aromatic N) is 1. The zero-order chi connectivity index (χ0) is 7.40. The molecule has 56 valence electrons. The highest BCUT2D eigenvalue weighted by atomic mass is 19.1. The van der Waals surface area contributed by atoms with Gasteiger partial charge in [-0.05, 0) is 12.8 Å². The van der Waals surface area contributed by atoms with Crippen LogP contribution in [0.15, 0.2) is 0 Å². The van der Waals surface area contributed by atoms with Crippen LogP contribution < -0.4 is 0 Å². The summed E-state index contributed by atoms with van der Waals surface area (Å²) in [6.07, 6.45) is 3.58. The van der Waals surface area contributed by atoms with Crippen LogP contribution in [-0.2, 0) is 0 Å². The van der Waals surface area contributed by atoms with Crippen LogP contribution in [-0.4, -0.2) is 6.17 Å². The molecule has 0 aromatic heterocycles. The summed E-state index contributed by atoms with van der Waals surface area (Å²) in [7, 11) is 0. The zero-order valence-corrected chi connectivity index (χ0v) is 6.02. The fourth-order valence-corrected chi connectivity index (χ4v) is 1.41. The Labute approximate surface area is 60.8 Å². The molecule has 0 amide bonds. The Kier molecular flexibility index (Phi) is 2.68. The maximum Gasteiger partial charge on any atom is 0.116 e. The van der Waals surface area contributed by atoms with E-state index in [-0.39, 0.29) is 5.92 Å². The molecule has 10 heavy (non-hydrogen) atoms. The minimum absolute atomic E-state index is 0.317. The van der Waals surface area contributed by atoms with E-state index < -0.39 is 6.17 Å². The lowest BCUT2D eigenvalue weighted by atomic mass is 10.0. The van der Waals surface area contributed by atoms with Crippen molar-refractivity contribution in [2.45, 2.75) is 38.3 Å². The van der Waals surface area contributed by atoms with Gasteiger partial charge in [0.2, 0.25) is 0 Å². The molecule has 0 aromatic rings. The van der Waals surface area contributed by atoms with Crippen molar-refractivity contribution in [3.63, 3.8) is 0 Å². The molecule has 1 fully saturated rings. The Hall–Kier alpha value is -0.580. The van der Waals surface area contributed by atoms with Gasteiger partial charge in [-0.25, -0.2) is 4.39 Å². The van der Waals surface area contributed by atoms with Gasteiger partial charge in [0.25, 0.3) is 0 Å². The Morgan fingerprint density at radius 1 is 1.20 bits per heavy atom. The van der Waals surface area contributed by atoms with Gasteiger partial charge in [0.05, 0.1) is 12.0 Å². The average molecular weight is 141 g/mol. The topological polar surface area (TPSA) is 23.8 Å². The number of rotatable bonds is 0. The summed E-state index contributed by atoms with van der Waals surface area (Å²) in [5.74, 6) is -0.317. The van der Waals surface area contributed by atoms with Crippen LogP contribution >= 0.6 is 0 Å². The van der Waals surface area contributed by atoms with E-state index in [4.69, 9.17) is 5.26 Å². The first-order valence-electron chi connectivity index (χ1n) is 3.88. The average Bonchev–Trinajstić information content (AvgIpc) is 2.13. The van der Waals surface area contributed by atoms with Gasteiger partial charge < -0.3 is 0 Å². The molecule has 0 heterocycles. The van der Waals surface area contributed by atoms with Gasteiger partial charge in [0.15, 0.2) is 0 Å². The molecule has 2 atom stereocenters. The normalized spacial score (nSPS) is 34.4. The molecule has 0 N–H and O–H groups in total. The lowest BCUT2D eigenvalue weighted by Crippen LogP contribution is -2.11. The third kappa shape index (κ3) is 1.70. The van der Waals surface area contributed by atoms with Gasteiger partial charge in [-0.2, -0.15) is 5.26 Å². The zero-order valence-electron chi connectivity index (χ0n) is 6.02. The highest BCUT2D eigenvalue weighted by Crippen LogP contribution is 2.24.